The first-order valence-corrected chi connectivity index (χ1v) is 7.46. The van der Waals surface area contributed by atoms with Crippen molar-refractivity contribution in [2.24, 2.45) is 5.92 Å². The Morgan fingerprint density at radius 2 is 2.05 bits per heavy atom. The summed E-state index contributed by atoms with van der Waals surface area (Å²) in [6.45, 7) is 4.20. The largest absolute Gasteiger partial charge is 0.270 e. The number of aromatic nitrogens is 2. The van der Waals surface area contributed by atoms with E-state index >= 15 is 0 Å². The molecular weight excluding hydrogens is 275 g/mol. The van der Waals surface area contributed by atoms with Crippen molar-refractivity contribution in [3.63, 3.8) is 0 Å². The van der Waals surface area contributed by atoms with E-state index in [2.05, 4.69) is 18.9 Å². The highest BCUT2D eigenvalue weighted by molar-refractivity contribution is 6.18. The van der Waals surface area contributed by atoms with Gasteiger partial charge in [0.15, 0.2) is 0 Å². The van der Waals surface area contributed by atoms with Gasteiger partial charge in [-0.25, -0.2) is 4.39 Å². The molecule has 0 aliphatic heterocycles. The minimum absolute atomic E-state index is 0.195. The topological polar surface area (TPSA) is 17.8 Å². The third-order valence-electron chi connectivity index (χ3n) is 3.32. The lowest BCUT2D eigenvalue weighted by molar-refractivity contribution is 0.511. The van der Waals surface area contributed by atoms with Gasteiger partial charge in [0.25, 0.3) is 0 Å². The first-order chi connectivity index (χ1) is 9.58. The minimum atomic E-state index is -0.195. The highest BCUT2D eigenvalue weighted by atomic mass is 35.5. The Bertz CT molecular complexity index is 551. The second-order valence-electron chi connectivity index (χ2n) is 5.44. The highest BCUT2D eigenvalue weighted by Gasteiger charge is 2.12. The lowest BCUT2D eigenvalue weighted by Crippen LogP contribution is -2.11. The van der Waals surface area contributed by atoms with E-state index in [4.69, 9.17) is 11.6 Å². The van der Waals surface area contributed by atoms with Crippen molar-refractivity contribution in [1.29, 1.82) is 0 Å². The van der Waals surface area contributed by atoms with Gasteiger partial charge in [-0.05, 0) is 56.4 Å². The average molecular weight is 295 g/mol. The number of halogens is 2. The molecule has 1 heterocycles. The molecule has 0 spiro atoms. The summed E-state index contributed by atoms with van der Waals surface area (Å²) in [6.07, 6.45) is 3.59. The van der Waals surface area contributed by atoms with E-state index in [9.17, 15) is 4.39 Å². The van der Waals surface area contributed by atoms with Gasteiger partial charge in [0.1, 0.15) is 5.82 Å². The zero-order chi connectivity index (χ0) is 14.5. The maximum Gasteiger partial charge on any atom is 0.123 e. The maximum atomic E-state index is 13.2. The smallest absolute Gasteiger partial charge is 0.123 e. The minimum Gasteiger partial charge on any atom is -0.270 e. The first kappa shape index (κ1) is 15.0. The summed E-state index contributed by atoms with van der Waals surface area (Å²) in [4.78, 5) is 0. The van der Waals surface area contributed by atoms with Crippen LogP contribution >= 0.6 is 11.6 Å². The van der Waals surface area contributed by atoms with Gasteiger partial charge in [-0.1, -0.05) is 12.1 Å². The number of rotatable bonds is 6. The Morgan fingerprint density at radius 3 is 2.65 bits per heavy atom. The van der Waals surface area contributed by atoms with E-state index < -0.39 is 0 Å². The third-order valence-corrected chi connectivity index (χ3v) is 3.76. The van der Waals surface area contributed by atoms with Crippen LogP contribution in [0.2, 0.25) is 0 Å². The Morgan fingerprint density at radius 1 is 1.25 bits per heavy atom. The van der Waals surface area contributed by atoms with E-state index in [0.717, 1.165) is 24.1 Å². The van der Waals surface area contributed by atoms with Crippen LogP contribution in [0.3, 0.4) is 0 Å². The summed E-state index contributed by atoms with van der Waals surface area (Å²) in [6, 6.07) is 9.11. The molecule has 0 fully saturated rings. The molecule has 2 rings (SSSR count). The molecule has 0 aliphatic carbocycles. The molecule has 20 heavy (non-hydrogen) atoms. The zero-order valence-electron chi connectivity index (χ0n) is 11.9. The summed E-state index contributed by atoms with van der Waals surface area (Å²) in [5.41, 5.74) is 2.03. The van der Waals surface area contributed by atoms with Crippen LogP contribution in [0.1, 0.15) is 31.1 Å². The predicted octanol–water partition coefficient (Wildman–Crippen LogP) is 4.24. The molecule has 2 aromatic rings. The fourth-order valence-electron chi connectivity index (χ4n) is 2.25. The lowest BCUT2D eigenvalue weighted by Gasteiger charge is -2.12. The summed E-state index contributed by atoms with van der Waals surface area (Å²) < 4.78 is 15.1. The van der Waals surface area contributed by atoms with Gasteiger partial charge in [-0.2, -0.15) is 5.10 Å². The Kier molecular flexibility index (Phi) is 5.18. The number of hydrogen-bond donors (Lipinski definition) is 0. The fourth-order valence-corrected chi connectivity index (χ4v) is 2.47. The second kappa shape index (κ2) is 6.89. The van der Waals surface area contributed by atoms with E-state index in [1.54, 1.807) is 12.1 Å². The van der Waals surface area contributed by atoms with Gasteiger partial charge in [0, 0.05) is 18.1 Å². The molecule has 1 atom stereocenters. The van der Waals surface area contributed by atoms with E-state index in [0.29, 0.717) is 11.9 Å². The van der Waals surface area contributed by atoms with Crippen LogP contribution in [0.25, 0.3) is 0 Å². The molecule has 0 bridgehead atoms. The number of nitrogens with zero attached hydrogens (tertiary/aromatic N) is 2. The van der Waals surface area contributed by atoms with Gasteiger partial charge in [-0.3, -0.25) is 4.68 Å². The molecule has 4 heteroatoms. The second-order valence-corrected chi connectivity index (χ2v) is 5.75. The molecule has 0 amide bonds. The molecule has 0 aliphatic rings. The lowest BCUT2D eigenvalue weighted by atomic mass is 9.96. The van der Waals surface area contributed by atoms with Crippen LogP contribution < -0.4 is 0 Å². The van der Waals surface area contributed by atoms with Crippen LogP contribution in [-0.4, -0.2) is 15.7 Å². The Labute approximate surface area is 124 Å². The van der Waals surface area contributed by atoms with Crippen molar-refractivity contribution in [3.8, 4) is 0 Å². The molecule has 108 valence electrons. The molecule has 0 N–H and O–H groups in total. The summed E-state index contributed by atoms with van der Waals surface area (Å²) in [5, 5.41) is 4.54. The molecule has 0 saturated carbocycles. The zero-order valence-corrected chi connectivity index (χ0v) is 12.6. The number of benzene rings is 1. The quantitative estimate of drug-likeness (QED) is 0.729. The predicted molar refractivity (Wildman–Crippen MR) is 80.6 cm³/mol. The van der Waals surface area contributed by atoms with Gasteiger partial charge >= 0.3 is 0 Å². The fraction of sp³-hybridized carbons (Fsp3) is 0.438. The normalized spacial score (nSPS) is 12.8. The molecule has 1 aromatic carbocycles. The Hall–Kier alpha value is -1.35. The standard InChI is InChI=1S/C16H20ClFN2/c1-12(2)20-7-6-16(19-20)10-14(11-17)8-13-4-3-5-15(18)9-13/h3-7,9,12,14H,8,10-11H2,1-2H3. The third kappa shape index (κ3) is 4.07. The van der Waals surface area contributed by atoms with Gasteiger partial charge < -0.3 is 0 Å². The van der Waals surface area contributed by atoms with Crippen LogP contribution in [0.5, 0.6) is 0 Å². The number of alkyl halides is 1. The van der Waals surface area contributed by atoms with Gasteiger partial charge in [-0.15, -0.1) is 11.6 Å². The molecule has 1 unspecified atom stereocenters. The van der Waals surface area contributed by atoms with Crippen molar-refractivity contribution in [1.82, 2.24) is 9.78 Å². The van der Waals surface area contributed by atoms with Crippen LogP contribution in [0.4, 0.5) is 4.39 Å². The highest BCUT2D eigenvalue weighted by Crippen LogP contribution is 2.17. The van der Waals surface area contributed by atoms with E-state index in [-0.39, 0.29) is 11.7 Å². The van der Waals surface area contributed by atoms with Crippen LogP contribution in [0, 0.1) is 11.7 Å². The first-order valence-electron chi connectivity index (χ1n) is 6.93. The summed E-state index contributed by atoms with van der Waals surface area (Å²) in [5.74, 6) is 0.624. The monoisotopic (exact) mass is 294 g/mol. The molecule has 2 nitrogen and oxygen atoms in total. The molecule has 0 saturated heterocycles. The Balaban J connectivity index is 2.01. The molecular formula is C16H20ClFN2. The summed E-state index contributed by atoms with van der Waals surface area (Å²) in [7, 11) is 0. The van der Waals surface area contributed by atoms with Crippen molar-refractivity contribution in [2.75, 3.05) is 5.88 Å². The van der Waals surface area contributed by atoms with Crippen molar-refractivity contribution in [3.05, 3.63) is 53.6 Å². The van der Waals surface area contributed by atoms with Crippen LogP contribution in [0.15, 0.2) is 36.5 Å². The number of hydrogen-bond acceptors (Lipinski definition) is 1. The van der Waals surface area contributed by atoms with Crippen LogP contribution in [-0.2, 0) is 12.8 Å². The molecule has 0 radical (unpaired) electrons. The van der Waals surface area contributed by atoms with Crippen molar-refractivity contribution in [2.45, 2.75) is 32.7 Å². The van der Waals surface area contributed by atoms with E-state index in [1.807, 2.05) is 23.0 Å². The van der Waals surface area contributed by atoms with Crippen molar-refractivity contribution >= 4 is 11.6 Å². The van der Waals surface area contributed by atoms with Gasteiger partial charge in [0.05, 0.1) is 5.69 Å². The van der Waals surface area contributed by atoms with Crippen molar-refractivity contribution < 1.29 is 4.39 Å². The summed E-state index contributed by atoms with van der Waals surface area (Å²) >= 11 is 6.05. The molecule has 1 aromatic heterocycles. The maximum absolute atomic E-state index is 13.2. The SMILES string of the molecule is CC(C)n1ccc(CC(CCl)Cc2cccc(F)c2)n1. The van der Waals surface area contributed by atoms with E-state index in [1.165, 1.54) is 6.07 Å². The average Bonchev–Trinajstić information content (AvgIpc) is 2.87. The van der Waals surface area contributed by atoms with Gasteiger partial charge in [0.2, 0.25) is 0 Å².